The lowest BCUT2D eigenvalue weighted by Crippen LogP contribution is -2.17. The fourth-order valence-electron chi connectivity index (χ4n) is 2.37. The van der Waals surface area contributed by atoms with Crippen molar-refractivity contribution >= 4 is 51.9 Å². The van der Waals surface area contributed by atoms with Gasteiger partial charge in [-0.2, -0.15) is 0 Å². The summed E-state index contributed by atoms with van der Waals surface area (Å²) in [5, 5.41) is 3.14. The van der Waals surface area contributed by atoms with Crippen LogP contribution in [0, 0.1) is 0 Å². The highest BCUT2D eigenvalue weighted by Crippen LogP contribution is 2.31. The summed E-state index contributed by atoms with van der Waals surface area (Å²) >= 11 is 12.3. The number of benzene rings is 2. The molecule has 0 saturated carbocycles. The lowest BCUT2D eigenvalue weighted by molar-refractivity contribution is -0.115. The lowest BCUT2D eigenvalue weighted by atomic mass is 10.2. The molecule has 2 aromatic carbocycles. The Morgan fingerprint density at radius 2 is 1.79 bits per heavy atom. The van der Waals surface area contributed by atoms with Crippen LogP contribution in [0.2, 0.25) is 5.02 Å². The van der Waals surface area contributed by atoms with Crippen LogP contribution in [0.25, 0.3) is 6.08 Å². The highest BCUT2D eigenvalue weighted by molar-refractivity contribution is 8.26. The standard InChI is InChI=1S/C20H18ClNO4S2/c21-15-6-7-17(14(12-15)13-18-19(23)22-20(27)28-18)26-11-9-24-8-10-25-16-4-2-1-3-5-16/h1-7,12-13H,8-11H2,(H,22,23,27)/b18-13-. The van der Waals surface area contributed by atoms with E-state index in [1.54, 1.807) is 24.3 Å². The molecule has 1 saturated heterocycles. The van der Waals surface area contributed by atoms with Crippen molar-refractivity contribution in [3.05, 3.63) is 64.0 Å². The number of hydrogen-bond donors (Lipinski definition) is 1. The maximum Gasteiger partial charge on any atom is 0.263 e. The van der Waals surface area contributed by atoms with Crippen LogP contribution in [0.5, 0.6) is 11.5 Å². The Labute approximate surface area is 178 Å². The number of thioether (sulfide) groups is 1. The molecule has 1 fully saturated rings. The maximum absolute atomic E-state index is 11.9. The molecule has 0 aliphatic carbocycles. The number of amides is 1. The van der Waals surface area contributed by atoms with Gasteiger partial charge in [0.15, 0.2) is 0 Å². The first kappa shape index (κ1) is 20.7. The third-order valence-corrected chi connectivity index (χ3v) is 5.02. The summed E-state index contributed by atoms with van der Waals surface area (Å²) in [5.74, 6) is 1.21. The third kappa shape index (κ3) is 6.24. The minimum Gasteiger partial charge on any atom is -0.491 e. The third-order valence-electron chi connectivity index (χ3n) is 3.63. The molecule has 2 aromatic rings. The van der Waals surface area contributed by atoms with E-state index in [-0.39, 0.29) is 5.91 Å². The molecule has 0 radical (unpaired) electrons. The first-order valence-electron chi connectivity index (χ1n) is 8.54. The molecule has 8 heteroatoms. The summed E-state index contributed by atoms with van der Waals surface area (Å²) < 4.78 is 17.3. The molecule has 1 aliphatic heterocycles. The van der Waals surface area contributed by atoms with Crippen molar-refractivity contribution in [2.75, 3.05) is 26.4 Å². The van der Waals surface area contributed by atoms with Gasteiger partial charge in [-0.25, -0.2) is 0 Å². The molecular formula is C20H18ClNO4S2. The van der Waals surface area contributed by atoms with Crippen LogP contribution in [0.15, 0.2) is 53.4 Å². The Hall–Kier alpha value is -2.06. The van der Waals surface area contributed by atoms with Crippen molar-refractivity contribution in [2.45, 2.75) is 0 Å². The fraction of sp³-hybridized carbons (Fsp3) is 0.200. The molecule has 0 spiro atoms. The van der Waals surface area contributed by atoms with Crippen LogP contribution >= 0.6 is 35.6 Å². The number of hydrogen-bond acceptors (Lipinski definition) is 6. The molecule has 1 amide bonds. The van der Waals surface area contributed by atoms with E-state index < -0.39 is 0 Å². The molecule has 0 atom stereocenters. The highest BCUT2D eigenvalue weighted by Gasteiger charge is 2.22. The fourth-order valence-corrected chi connectivity index (χ4v) is 3.59. The predicted octanol–water partition coefficient (Wildman–Crippen LogP) is 4.30. The van der Waals surface area contributed by atoms with Crippen molar-refractivity contribution in [1.82, 2.24) is 5.32 Å². The van der Waals surface area contributed by atoms with Gasteiger partial charge in [0.05, 0.1) is 18.1 Å². The number of nitrogens with one attached hydrogen (secondary N) is 1. The summed E-state index contributed by atoms with van der Waals surface area (Å²) in [5.41, 5.74) is 0.710. The quantitative estimate of drug-likeness (QED) is 0.360. The van der Waals surface area contributed by atoms with E-state index in [0.29, 0.717) is 52.0 Å². The maximum atomic E-state index is 11.9. The van der Waals surface area contributed by atoms with E-state index >= 15 is 0 Å². The molecule has 3 rings (SSSR count). The van der Waals surface area contributed by atoms with Crippen molar-refractivity contribution < 1.29 is 19.0 Å². The molecule has 0 aromatic heterocycles. The van der Waals surface area contributed by atoms with E-state index in [1.807, 2.05) is 30.3 Å². The minimum atomic E-state index is -0.220. The van der Waals surface area contributed by atoms with E-state index in [4.69, 9.17) is 38.0 Å². The Balaban J connectivity index is 1.46. The Kier molecular flexibility index (Phi) is 7.73. The van der Waals surface area contributed by atoms with Gasteiger partial charge in [-0.1, -0.05) is 53.8 Å². The van der Waals surface area contributed by atoms with Gasteiger partial charge in [0.25, 0.3) is 5.91 Å². The smallest absolute Gasteiger partial charge is 0.263 e. The molecule has 1 N–H and O–H groups in total. The molecular weight excluding hydrogens is 418 g/mol. The van der Waals surface area contributed by atoms with Crippen molar-refractivity contribution in [1.29, 1.82) is 0 Å². The van der Waals surface area contributed by atoms with Gasteiger partial charge < -0.3 is 19.5 Å². The Bertz CT molecular complexity index is 874. The van der Waals surface area contributed by atoms with Crippen LogP contribution in [0.1, 0.15) is 5.56 Å². The van der Waals surface area contributed by atoms with Gasteiger partial charge in [-0.3, -0.25) is 4.79 Å². The van der Waals surface area contributed by atoms with Gasteiger partial charge in [0.2, 0.25) is 0 Å². The van der Waals surface area contributed by atoms with Crippen LogP contribution in [-0.2, 0) is 9.53 Å². The van der Waals surface area contributed by atoms with Gasteiger partial charge in [-0.15, -0.1) is 0 Å². The lowest BCUT2D eigenvalue weighted by Gasteiger charge is -2.11. The summed E-state index contributed by atoms with van der Waals surface area (Å²) in [6.45, 7) is 1.70. The molecule has 0 unspecified atom stereocenters. The second kappa shape index (κ2) is 10.5. The predicted molar refractivity (Wildman–Crippen MR) is 116 cm³/mol. The van der Waals surface area contributed by atoms with Crippen molar-refractivity contribution in [3.8, 4) is 11.5 Å². The van der Waals surface area contributed by atoms with Gasteiger partial charge >= 0.3 is 0 Å². The molecule has 28 heavy (non-hydrogen) atoms. The molecule has 146 valence electrons. The second-order valence-corrected chi connectivity index (χ2v) is 7.81. The summed E-state index contributed by atoms with van der Waals surface area (Å²) in [6.07, 6.45) is 1.72. The van der Waals surface area contributed by atoms with Crippen LogP contribution < -0.4 is 14.8 Å². The number of ether oxygens (including phenoxy) is 3. The number of para-hydroxylation sites is 1. The largest absolute Gasteiger partial charge is 0.491 e. The highest BCUT2D eigenvalue weighted by atomic mass is 35.5. The second-order valence-electron chi connectivity index (χ2n) is 5.66. The van der Waals surface area contributed by atoms with Crippen molar-refractivity contribution in [3.63, 3.8) is 0 Å². The minimum absolute atomic E-state index is 0.220. The SMILES string of the molecule is O=C1NC(=S)S/C1=C\c1cc(Cl)ccc1OCCOCCOc1ccccc1. The zero-order valence-electron chi connectivity index (χ0n) is 14.9. The van der Waals surface area contributed by atoms with E-state index in [9.17, 15) is 4.79 Å². The van der Waals surface area contributed by atoms with Gasteiger partial charge in [0, 0.05) is 10.6 Å². The van der Waals surface area contributed by atoms with E-state index in [2.05, 4.69) is 5.32 Å². The topological polar surface area (TPSA) is 56.8 Å². The van der Waals surface area contributed by atoms with Crippen molar-refractivity contribution in [2.24, 2.45) is 0 Å². The summed E-state index contributed by atoms with van der Waals surface area (Å²) in [7, 11) is 0. The molecule has 5 nitrogen and oxygen atoms in total. The number of thiocarbonyl (C=S) groups is 1. The van der Waals surface area contributed by atoms with Crippen LogP contribution in [0.4, 0.5) is 0 Å². The Morgan fingerprint density at radius 1 is 1.04 bits per heavy atom. The Morgan fingerprint density at radius 3 is 2.50 bits per heavy atom. The van der Waals surface area contributed by atoms with E-state index in [0.717, 1.165) is 5.75 Å². The first-order valence-corrected chi connectivity index (χ1v) is 10.1. The molecule has 0 bridgehead atoms. The first-order chi connectivity index (χ1) is 13.6. The average Bonchev–Trinajstić information content (AvgIpc) is 3.00. The van der Waals surface area contributed by atoms with Gasteiger partial charge in [-0.05, 0) is 36.4 Å². The van der Waals surface area contributed by atoms with Crippen LogP contribution in [-0.4, -0.2) is 36.7 Å². The summed E-state index contributed by atoms with van der Waals surface area (Å²) in [4.78, 5) is 12.4. The zero-order valence-corrected chi connectivity index (χ0v) is 17.2. The van der Waals surface area contributed by atoms with Gasteiger partial charge in [0.1, 0.15) is 29.0 Å². The number of halogens is 1. The zero-order chi connectivity index (χ0) is 19.8. The van der Waals surface area contributed by atoms with Crippen LogP contribution in [0.3, 0.4) is 0 Å². The number of carbonyl (C=O) groups is 1. The molecule has 1 aliphatic rings. The number of carbonyl (C=O) groups excluding carboxylic acids is 1. The number of rotatable bonds is 9. The molecule has 1 heterocycles. The average molecular weight is 436 g/mol. The monoisotopic (exact) mass is 435 g/mol. The van der Waals surface area contributed by atoms with E-state index in [1.165, 1.54) is 11.8 Å². The normalized spacial score (nSPS) is 15.0. The summed E-state index contributed by atoms with van der Waals surface area (Å²) in [6, 6.07) is 14.8.